The third-order valence-corrected chi connectivity index (χ3v) is 3.68. The van der Waals surface area contributed by atoms with Gasteiger partial charge < -0.3 is 5.11 Å². The minimum Gasteiger partial charge on any atom is -0.478 e. The first-order valence-electron chi connectivity index (χ1n) is 3.39. The minimum absolute atomic E-state index is 0.592. The summed E-state index contributed by atoms with van der Waals surface area (Å²) in [5.41, 5.74) is 0. The highest BCUT2D eigenvalue weighted by Gasteiger charge is 2.24. The average molecular weight is 237 g/mol. The van der Waals surface area contributed by atoms with E-state index in [-0.39, 0.29) is 0 Å². The molecule has 0 spiro atoms. The maximum absolute atomic E-state index is 10.7. The van der Waals surface area contributed by atoms with Crippen molar-refractivity contribution >= 4 is 30.0 Å². The number of carboxylic acids is 1. The summed E-state index contributed by atoms with van der Waals surface area (Å²) in [7, 11) is -1.64. The second-order valence-electron chi connectivity index (χ2n) is 3.33. The fraction of sp³-hybridized carbons (Fsp3) is 0.571. The van der Waals surface area contributed by atoms with Gasteiger partial charge in [-0.3, -0.25) is 0 Å². The van der Waals surface area contributed by atoms with Crippen molar-refractivity contribution in [2.45, 2.75) is 19.6 Å². The van der Waals surface area contributed by atoms with Crippen LogP contribution in [0.5, 0.6) is 0 Å². The number of rotatable bonds is 3. The lowest BCUT2D eigenvalue weighted by atomic mass is 10.5. The van der Waals surface area contributed by atoms with Crippen LogP contribution in [0.4, 0.5) is 0 Å². The Morgan fingerprint density at radius 2 is 2.00 bits per heavy atom. The van der Waals surface area contributed by atoms with Crippen molar-refractivity contribution in [1.29, 1.82) is 0 Å². The number of aliphatic carboxylic acids is 1. The first kappa shape index (κ1) is 10.9. The van der Waals surface area contributed by atoms with E-state index < -0.39 is 14.0 Å². The minimum atomic E-state index is -1.64. The molecular formula is C7H13BrO2Si. The van der Waals surface area contributed by atoms with Gasteiger partial charge in [-0.15, -0.1) is 0 Å². The van der Waals surface area contributed by atoms with Crippen LogP contribution in [0.2, 0.25) is 19.6 Å². The molecule has 0 aromatic rings. The lowest BCUT2D eigenvalue weighted by molar-refractivity contribution is -0.132. The molecule has 0 fully saturated rings. The fourth-order valence-corrected chi connectivity index (χ4v) is 2.77. The lowest BCUT2D eigenvalue weighted by Crippen LogP contribution is -2.29. The van der Waals surface area contributed by atoms with Crippen molar-refractivity contribution in [3.05, 3.63) is 11.3 Å². The molecule has 0 aliphatic carbocycles. The first-order valence-corrected chi connectivity index (χ1v) is 8.01. The van der Waals surface area contributed by atoms with E-state index in [1.807, 2.05) is 19.6 Å². The van der Waals surface area contributed by atoms with Gasteiger partial charge in [0.15, 0.2) is 0 Å². The Hall–Kier alpha value is -0.0931. The molecule has 0 saturated carbocycles. The van der Waals surface area contributed by atoms with Crippen molar-refractivity contribution in [1.82, 2.24) is 0 Å². The molecule has 11 heavy (non-hydrogen) atoms. The van der Waals surface area contributed by atoms with Crippen LogP contribution in [0.25, 0.3) is 0 Å². The molecule has 64 valence electrons. The van der Waals surface area contributed by atoms with Gasteiger partial charge in [-0.25, -0.2) is 4.79 Å². The third-order valence-electron chi connectivity index (χ3n) is 1.32. The van der Waals surface area contributed by atoms with E-state index in [2.05, 4.69) is 15.9 Å². The van der Waals surface area contributed by atoms with Gasteiger partial charge in [-0.1, -0.05) is 41.6 Å². The molecule has 0 unspecified atom stereocenters. The monoisotopic (exact) mass is 236 g/mol. The van der Waals surface area contributed by atoms with Crippen molar-refractivity contribution in [3.8, 4) is 0 Å². The van der Waals surface area contributed by atoms with E-state index >= 15 is 0 Å². The second kappa shape index (κ2) is 4.06. The van der Waals surface area contributed by atoms with Crippen LogP contribution >= 0.6 is 15.9 Å². The number of allylic oxidation sites excluding steroid dienone is 1. The number of hydrogen-bond donors (Lipinski definition) is 1. The highest BCUT2D eigenvalue weighted by molar-refractivity contribution is 9.09. The second-order valence-corrected chi connectivity index (χ2v) is 9.01. The molecule has 0 rings (SSSR count). The van der Waals surface area contributed by atoms with E-state index in [1.54, 1.807) is 6.08 Å². The standard InChI is InChI=1S/C7H13BrO2Si/c1-11(2,3)6(4-5-8)7(9)10/h4H,5H2,1-3H3,(H,9,10). The van der Waals surface area contributed by atoms with Crippen molar-refractivity contribution in [2.24, 2.45) is 0 Å². The Balaban J connectivity index is 4.63. The molecule has 1 N–H and O–H groups in total. The molecule has 2 nitrogen and oxygen atoms in total. The fourth-order valence-electron chi connectivity index (χ4n) is 0.791. The molecule has 0 aliphatic rings. The molecule has 0 aliphatic heterocycles. The Bertz CT molecular complexity index is 181. The van der Waals surface area contributed by atoms with Crippen LogP contribution in [-0.2, 0) is 4.79 Å². The SMILES string of the molecule is C[Si](C)(C)C(=CCBr)C(=O)O. The Morgan fingerprint density at radius 1 is 1.55 bits per heavy atom. The predicted molar refractivity (Wildman–Crippen MR) is 52.9 cm³/mol. The summed E-state index contributed by atoms with van der Waals surface area (Å²) in [6.45, 7) is 6.07. The summed E-state index contributed by atoms with van der Waals surface area (Å²) in [6.07, 6.45) is 1.74. The van der Waals surface area contributed by atoms with E-state index in [0.717, 1.165) is 0 Å². The van der Waals surface area contributed by atoms with Gasteiger partial charge in [0.25, 0.3) is 0 Å². The van der Waals surface area contributed by atoms with Gasteiger partial charge in [0, 0.05) is 10.5 Å². The maximum Gasteiger partial charge on any atom is 0.327 e. The molecule has 0 saturated heterocycles. The van der Waals surface area contributed by atoms with Gasteiger partial charge in [-0.2, -0.15) is 0 Å². The van der Waals surface area contributed by atoms with Crippen LogP contribution in [0.15, 0.2) is 11.3 Å². The molecule has 0 radical (unpaired) electrons. The van der Waals surface area contributed by atoms with Gasteiger partial charge in [-0.05, 0) is 0 Å². The van der Waals surface area contributed by atoms with Crippen LogP contribution in [0, 0.1) is 0 Å². The predicted octanol–water partition coefficient (Wildman–Crippen LogP) is 2.27. The van der Waals surface area contributed by atoms with Gasteiger partial charge in [0.1, 0.15) is 0 Å². The zero-order chi connectivity index (χ0) is 9.07. The maximum atomic E-state index is 10.7. The third kappa shape index (κ3) is 3.72. The summed E-state index contributed by atoms with van der Waals surface area (Å²) in [5, 5.41) is 10.0. The topological polar surface area (TPSA) is 37.3 Å². The van der Waals surface area contributed by atoms with Crippen LogP contribution < -0.4 is 0 Å². The Morgan fingerprint density at radius 3 is 2.09 bits per heavy atom. The van der Waals surface area contributed by atoms with E-state index in [9.17, 15) is 4.79 Å². The number of carbonyl (C=O) groups is 1. The number of halogens is 1. The van der Waals surface area contributed by atoms with Crippen molar-refractivity contribution in [2.75, 3.05) is 5.33 Å². The van der Waals surface area contributed by atoms with E-state index in [0.29, 0.717) is 10.5 Å². The Labute approximate surface area is 76.4 Å². The summed E-state index contributed by atoms with van der Waals surface area (Å²) in [5.74, 6) is -0.774. The highest BCUT2D eigenvalue weighted by Crippen LogP contribution is 2.14. The van der Waals surface area contributed by atoms with Gasteiger partial charge in [0.2, 0.25) is 0 Å². The van der Waals surface area contributed by atoms with Crippen molar-refractivity contribution < 1.29 is 9.90 Å². The molecule has 0 heterocycles. The lowest BCUT2D eigenvalue weighted by Gasteiger charge is -2.16. The quantitative estimate of drug-likeness (QED) is 0.464. The number of carboxylic acid groups (broad SMARTS) is 1. The van der Waals surface area contributed by atoms with E-state index in [4.69, 9.17) is 5.11 Å². The summed E-state index contributed by atoms with van der Waals surface area (Å²) in [6, 6.07) is 0. The molecule has 0 atom stereocenters. The average Bonchev–Trinajstić information content (AvgIpc) is 1.79. The van der Waals surface area contributed by atoms with Gasteiger partial charge in [0.05, 0.1) is 8.07 Å². The Kier molecular flexibility index (Phi) is 4.03. The van der Waals surface area contributed by atoms with Crippen molar-refractivity contribution in [3.63, 3.8) is 0 Å². The number of alkyl halides is 1. The highest BCUT2D eigenvalue weighted by atomic mass is 79.9. The molecule has 0 aromatic heterocycles. The largest absolute Gasteiger partial charge is 0.478 e. The molecule has 0 aromatic carbocycles. The van der Waals surface area contributed by atoms with E-state index in [1.165, 1.54) is 0 Å². The molecule has 0 bridgehead atoms. The molecular weight excluding hydrogens is 224 g/mol. The molecule has 4 heteroatoms. The zero-order valence-electron chi connectivity index (χ0n) is 7.02. The molecule has 0 amide bonds. The summed E-state index contributed by atoms with van der Waals surface area (Å²) < 4.78 is 0. The normalized spacial score (nSPS) is 13.3. The van der Waals surface area contributed by atoms with Crippen LogP contribution in [-0.4, -0.2) is 24.5 Å². The summed E-state index contributed by atoms with van der Waals surface area (Å²) in [4.78, 5) is 10.7. The van der Waals surface area contributed by atoms with Gasteiger partial charge >= 0.3 is 5.97 Å². The number of hydrogen-bond acceptors (Lipinski definition) is 1. The summed E-state index contributed by atoms with van der Waals surface area (Å²) >= 11 is 3.19. The van der Waals surface area contributed by atoms with Crippen LogP contribution in [0.1, 0.15) is 0 Å². The van der Waals surface area contributed by atoms with Crippen LogP contribution in [0.3, 0.4) is 0 Å². The zero-order valence-corrected chi connectivity index (χ0v) is 9.60. The first-order chi connectivity index (χ1) is 4.89. The smallest absolute Gasteiger partial charge is 0.327 e.